The van der Waals surface area contributed by atoms with Crippen LogP contribution in [0.5, 0.6) is 0 Å². The van der Waals surface area contributed by atoms with Crippen molar-refractivity contribution in [2.45, 2.75) is 6.18 Å². The van der Waals surface area contributed by atoms with E-state index in [1.165, 1.54) is 48.6 Å². The Morgan fingerprint density at radius 1 is 1.16 bits per heavy atom. The summed E-state index contributed by atoms with van der Waals surface area (Å²) in [7, 11) is 1.34. The number of rotatable bonds is 4. The normalized spacial score (nSPS) is 11.5. The predicted molar refractivity (Wildman–Crippen MR) is 109 cm³/mol. The second-order valence-corrected chi connectivity index (χ2v) is 7.46. The second-order valence-electron chi connectivity index (χ2n) is 6.28. The number of hydrogen-bond acceptors (Lipinski definition) is 6. The van der Waals surface area contributed by atoms with Crippen LogP contribution in [0.2, 0.25) is 5.02 Å². The van der Waals surface area contributed by atoms with Crippen LogP contribution in [0.25, 0.3) is 17.1 Å². The zero-order valence-electron chi connectivity index (χ0n) is 15.7. The molecule has 0 saturated carbocycles. The molecule has 0 aliphatic heterocycles. The maximum absolute atomic E-state index is 13.9. The number of nitrogens with zero attached hydrogens (tertiary/aromatic N) is 6. The fraction of sp³-hybridized carbons (Fsp3) is 0.105. The van der Waals surface area contributed by atoms with E-state index in [9.17, 15) is 18.0 Å². The van der Waals surface area contributed by atoms with E-state index in [1.54, 1.807) is 18.2 Å². The van der Waals surface area contributed by atoms with Crippen LogP contribution in [0.15, 0.2) is 55.0 Å². The maximum Gasteiger partial charge on any atom is 0.420 e. The van der Waals surface area contributed by atoms with Gasteiger partial charge >= 0.3 is 6.18 Å². The minimum atomic E-state index is -4.77. The van der Waals surface area contributed by atoms with E-state index < -0.39 is 22.5 Å². The van der Waals surface area contributed by atoms with Crippen LogP contribution < -0.4 is 4.90 Å². The van der Waals surface area contributed by atoms with Crippen molar-refractivity contribution in [3.63, 3.8) is 0 Å². The summed E-state index contributed by atoms with van der Waals surface area (Å²) in [4.78, 5) is 18.8. The van der Waals surface area contributed by atoms with E-state index in [0.29, 0.717) is 11.5 Å². The molecule has 31 heavy (non-hydrogen) atoms. The van der Waals surface area contributed by atoms with Crippen LogP contribution in [0.3, 0.4) is 0 Å². The van der Waals surface area contributed by atoms with Crippen molar-refractivity contribution in [1.29, 1.82) is 0 Å². The van der Waals surface area contributed by atoms with Gasteiger partial charge in [-0.2, -0.15) is 27.7 Å². The number of halogens is 4. The van der Waals surface area contributed by atoms with Crippen LogP contribution in [0.1, 0.15) is 15.2 Å². The predicted octanol–water partition coefficient (Wildman–Crippen LogP) is 4.73. The molecule has 0 atom stereocenters. The number of alkyl halides is 3. The lowest BCUT2D eigenvalue weighted by Gasteiger charge is -2.18. The molecule has 3 aromatic heterocycles. The van der Waals surface area contributed by atoms with Crippen molar-refractivity contribution in [1.82, 2.24) is 24.4 Å². The molecule has 0 saturated heterocycles. The van der Waals surface area contributed by atoms with E-state index in [1.807, 2.05) is 0 Å². The fourth-order valence-electron chi connectivity index (χ4n) is 2.84. The molecule has 1 aromatic carbocycles. The van der Waals surface area contributed by atoms with Gasteiger partial charge in [-0.1, -0.05) is 41.9 Å². The first kappa shape index (κ1) is 20.9. The zero-order chi connectivity index (χ0) is 22.2. The van der Waals surface area contributed by atoms with Gasteiger partial charge in [-0.05, 0) is 17.6 Å². The number of carbonyl (C=O) groups excluding carboxylic acids is 1. The van der Waals surface area contributed by atoms with E-state index >= 15 is 0 Å². The lowest BCUT2D eigenvalue weighted by atomic mass is 10.1. The first-order valence-electron chi connectivity index (χ1n) is 8.70. The van der Waals surface area contributed by atoms with Gasteiger partial charge in [-0.3, -0.25) is 4.79 Å². The van der Waals surface area contributed by atoms with Crippen LogP contribution in [0.4, 0.5) is 18.9 Å². The molecule has 12 heteroatoms. The number of aromatic nitrogens is 5. The number of carbonyl (C=O) groups is 1. The lowest BCUT2D eigenvalue weighted by molar-refractivity contribution is -0.137. The molecule has 4 rings (SSSR count). The smallest absolute Gasteiger partial charge is 0.309 e. The molecular weight excluding hydrogens is 453 g/mol. The Hall–Kier alpha value is -3.31. The molecule has 0 fully saturated rings. The Bertz CT molecular complexity index is 1230. The van der Waals surface area contributed by atoms with Crippen LogP contribution >= 0.6 is 23.1 Å². The Balaban J connectivity index is 1.71. The Labute approximate surface area is 182 Å². The van der Waals surface area contributed by atoms with Gasteiger partial charge in [0.15, 0.2) is 5.82 Å². The monoisotopic (exact) mass is 464 g/mol. The summed E-state index contributed by atoms with van der Waals surface area (Å²) in [5.74, 6) is -0.661. The van der Waals surface area contributed by atoms with Gasteiger partial charge in [0.05, 0.1) is 35.0 Å². The lowest BCUT2D eigenvalue weighted by Crippen LogP contribution is -2.28. The highest BCUT2D eigenvalue weighted by atomic mass is 35.5. The van der Waals surface area contributed by atoms with Crippen molar-refractivity contribution in [3.05, 3.63) is 70.5 Å². The summed E-state index contributed by atoms with van der Waals surface area (Å²) in [6.45, 7) is 0. The minimum absolute atomic E-state index is 0.124. The third-order valence-electron chi connectivity index (χ3n) is 4.32. The van der Waals surface area contributed by atoms with Gasteiger partial charge in [-0.25, -0.2) is 4.98 Å². The summed E-state index contributed by atoms with van der Waals surface area (Å²) in [5.41, 5.74) is -0.884. The number of amides is 1. The standard InChI is InChI=1S/C19H12ClF3N6OS/c1-28(12-9-13(20)17(24-10-12)29-25-7-8-26-29)18(30)16-14(19(21,22)23)15(27-31-16)11-5-3-2-4-6-11/h2-10H,1H3. The Morgan fingerprint density at radius 2 is 1.84 bits per heavy atom. The molecule has 1 amide bonds. The third-order valence-corrected chi connectivity index (χ3v) is 5.44. The van der Waals surface area contributed by atoms with Crippen molar-refractivity contribution in [2.24, 2.45) is 0 Å². The Kier molecular flexibility index (Phi) is 5.46. The molecule has 0 aliphatic carbocycles. The van der Waals surface area contributed by atoms with Crippen LogP contribution in [-0.4, -0.2) is 37.3 Å². The highest BCUT2D eigenvalue weighted by molar-refractivity contribution is 7.08. The summed E-state index contributed by atoms with van der Waals surface area (Å²) in [5, 5.41) is 7.97. The molecule has 0 spiro atoms. The average molecular weight is 465 g/mol. The van der Waals surface area contributed by atoms with E-state index in [4.69, 9.17) is 11.6 Å². The number of pyridine rings is 1. The van der Waals surface area contributed by atoms with Crippen molar-refractivity contribution in [3.8, 4) is 17.1 Å². The van der Waals surface area contributed by atoms with Crippen molar-refractivity contribution in [2.75, 3.05) is 11.9 Å². The largest absolute Gasteiger partial charge is 0.420 e. The quantitative estimate of drug-likeness (QED) is 0.436. The van der Waals surface area contributed by atoms with Crippen molar-refractivity contribution >= 4 is 34.7 Å². The summed E-state index contributed by atoms with van der Waals surface area (Å²) >= 11 is 6.71. The zero-order valence-corrected chi connectivity index (χ0v) is 17.3. The molecule has 0 unspecified atom stereocenters. The summed E-state index contributed by atoms with van der Waals surface area (Å²) < 4.78 is 45.6. The van der Waals surface area contributed by atoms with Gasteiger partial charge in [0, 0.05) is 12.6 Å². The second kappa shape index (κ2) is 8.08. The highest BCUT2D eigenvalue weighted by Crippen LogP contribution is 2.41. The maximum atomic E-state index is 13.9. The molecule has 0 aliphatic rings. The van der Waals surface area contributed by atoms with Gasteiger partial charge < -0.3 is 4.90 Å². The average Bonchev–Trinajstić information content (AvgIpc) is 3.43. The first-order chi connectivity index (χ1) is 14.8. The fourth-order valence-corrected chi connectivity index (χ4v) is 3.97. The summed E-state index contributed by atoms with van der Waals surface area (Å²) in [6, 6.07) is 9.31. The van der Waals surface area contributed by atoms with Crippen molar-refractivity contribution < 1.29 is 18.0 Å². The third kappa shape index (κ3) is 4.01. The molecular formula is C19H12ClF3N6OS. The molecule has 4 aromatic rings. The van der Waals surface area contributed by atoms with Crippen LogP contribution in [-0.2, 0) is 6.18 Å². The molecule has 3 heterocycles. The van der Waals surface area contributed by atoms with Gasteiger partial charge in [-0.15, -0.1) is 4.80 Å². The molecule has 0 radical (unpaired) electrons. The molecule has 0 bridgehead atoms. The minimum Gasteiger partial charge on any atom is -0.309 e. The molecule has 7 nitrogen and oxygen atoms in total. The number of hydrogen-bond donors (Lipinski definition) is 0. The highest BCUT2D eigenvalue weighted by Gasteiger charge is 2.41. The first-order valence-corrected chi connectivity index (χ1v) is 9.85. The van der Waals surface area contributed by atoms with E-state index in [0.717, 1.165) is 4.90 Å². The molecule has 158 valence electrons. The number of anilines is 1. The van der Waals surface area contributed by atoms with Gasteiger partial charge in [0.1, 0.15) is 10.4 Å². The molecule has 0 N–H and O–H groups in total. The number of benzene rings is 1. The van der Waals surface area contributed by atoms with Gasteiger partial charge in [0.25, 0.3) is 5.91 Å². The SMILES string of the molecule is CN(C(=O)c1snc(-c2ccccc2)c1C(F)(F)F)c1cnc(-n2nccn2)c(Cl)c1. The Morgan fingerprint density at radius 3 is 2.45 bits per heavy atom. The van der Waals surface area contributed by atoms with Gasteiger partial charge in [0.2, 0.25) is 0 Å². The van der Waals surface area contributed by atoms with Crippen LogP contribution in [0, 0.1) is 0 Å². The topological polar surface area (TPSA) is 76.8 Å². The van der Waals surface area contributed by atoms with E-state index in [-0.39, 0.29) is 27.8 Å². The summed E-state index contributed by atoms with van der Waals surface area (Å²) in [6.07, 6.45) is -0.590. The van der Waals surface area contributed by atoms with E-state index in [2.05, 4.69) is 19.6 Å².